The molecule has 0 aliphatic carbocycles. The Morgan fingerprint density at radius 3 is 2.24 bits per heavy atom. The van der Waals surface area contributed by atoms with Gasteiger partial charge in [-0.3, -0.25) is 4.90 Å². The summed E-state index contributed by atoms with van der Waals surface area (Å²) in [6.07, 6.45) is 6.82. The third-order valence-electron chi connectivity index (χ3n) is 3.74. The Morgan fingerprint density at radius 2 is 1.71 bits per heavy atom. The number of rotatable bonds is 11. The van der Waals surface area contributed by atoms with Crippen molar-refractivity contribution in [3.8, 4) is 0 Å². The van der Waals surface area contributed by atoms with Crippen molar-refractivity contribution >= 4 is 6.08 Å². The summed E-state index contributed by atoms with van der Waals surface area (Å²) < 4.78 is 6.10. The summed E-state index contributed by atoms with van der Waals surface area (Å²) in [7, 11) is 0. The summed E-state index contributed by atoms with van der Waals surface area (Å²) in [5, 5.41) is 0. The molecule has 1 unspecified atom stereocenters. The third kappa shape index (κ3) is 5.64. The molecular weight excluding hydrogens is 258 g/mol. The fourth-order valence-corrected chi connectivity index (χ4v) is 2.54. The van der Waals surface area contributed by atoms with Crippen molar-refractivity contribution in [2.24, 2.45) is 0 Å². The van der Waals surface area contributed by atoms with Gasteiger partial charge in [-0.2, -0.15) is 0 Å². The molecule has 0 aliphatic rings. The van der Waals surface area contributed by atoms with E-state index in [0.717, 1.165) is 19.7 Å². The Hall–Kier alpha value is -1.12. The number of nitrogens with zero attached hydrogens (tertiary/aromatic N) is 1. The van der Waals surface area contributed by atoms with Crippen molar-refractivity contribution < 1.29 is 4.74 Å². The second-order valence-corrected chi connectivity index (χ2v) is 5.38. The van der Waals surface area contributed by atoms with Crippen LogP contribution in [0.2, 0.25) is 0 Å². The molecule has 0 aliphatic heterocycles. The van der Waals surface area contributed by atoms with Crippen LogP contribution in [0.15, 0.2) is 30.8 Å². The molecule has 1 atom stereocenters. The normalized spacial score (nSPS) is 12.6. The van der Waals surface area contributed by atoms with Gasteiger partial charge in [0.15, 0.2) is 0 Å². The van der Waals surface area contributed by atoms with Crippen LogP contribution in [0.4, 0.5) is 0 Å². The molecule has 2 heteroatoms. The monoisotopic (exact) mass is 289 g/mol. The number of unbranched alkanes of at least 4 members (excludes halogenated alkanes) is 2. The van der Waals surface area contributed by atoms with Gasteiger partial charge in [-0.25, -0.2) is 0 Å². The molecule has 0 heterocycles. The molecule has 1 aromatic carbocycles. The van der Waals surface area contributed by atoms with E-state index in [9.17, 15) is 0 Å². The van der Waals surface area contributed by atoms with Gasteiger partial charge in [0.2, 0.25) is 0 Å². The Morgan fingerprint density at radius 1 is 1.10 bits per heavy atom. The highest BCUT2D eigenvalue weighted by atomic mass is 16.5. The van der Waals surface area contributed by atoms with Crippen LogP contribution >= 0.6 is 0 Å². The molecule has 0 bridgehead atoms. The van der Waals surface area contributed by atoms with Gasteiger partial charge in [0, 0.05) is 25.3 Å². The smallest absolute Gasteiger partial charge is 0.137 e. The lowest BCUT2D eigenvalue weighted by Gasteiger charge is -2.32. The van der Waals surface area contributed by atoms with Gasteiger partial charge in [0.1, 0.15) is 6.23 Å². The number of hydrogen-bond acceptors (Lipinski definition) is 2. The van der Waals surface area contributed by atoms with Gasteiger partial charge in [-0.05, 0) is 25.3 Å². The van der Waals surface area contributed by atoms with Crippen LogP contribution in [0, 0.1) is 0 Å². The van der Waals surface area contributed by atoms with Crippen molar-refractivity contribution in [2.75, 3.05) is 19.7 Å². The minimum absolute atomic E-state index is 0.0438. The molecular formula is C19H31NO. The summed E-state index contributed by atoms with van der Waals surface area (Å²) in [5.41, 5.74) is 2.41. The number of benzene rings is 1. The van der Waals surface area contributed by atoms with E-state index in [0.29, 0.717) is 0 Å². The molecule has 0 saturated carbocycles. The minimum atomic E-state index is 0.0438. The number of hydrogen-bond donors (Lipinski definition) is 0. The zero-order valence-corrected chi connectivity index (χ0v) is 14.0. The van der Waals surface area contributed by atoms with Gasteiger partial charge in [0.05, 0.1) is 0 Å². The zero-order chi connectivity index (χ0) is 15.5. The van der Waals surface area contributed by atoms with E-state index in [1.165, 1.54) is 36.8 Å². The fourth-order valence-electron chi connectivity index (χ4n) is 2.54. The highest BCUT2D eigenvalue weighted by Crippen LogP contribution is 2.27. The van der Waals surface area contributed by atoms with Gasteiger partial charge in [0.25, 0.3) is 0 Å². The molecule has 0 radical (unpaired) electrons. The first-order chi connectivity index (χ1) is 10.3. The van der Waals surface area contributed by atoms with Gasteiger partial charge >= 0.3 is 0 Å². The topological polar surface area (TPSA) is 12.5 Å². The quantitative estimate of drug-likeness (QED) is 0.515. The van der Waals surface area contributed by atoms with E-state index in [1.807, 2.05) is 6.08 Å². The first-order valence-corrected chi connectivity index (χ1v) is 8.35. The van der Waals surface area contributed by atoms with Crippen LogP contribution in [0.3, 0.4) is 0 Å². The molecule has 1 rings (SSSR count). The Balaban J connectivity index is 3.00. The van der Waals surface area contributed by atoms with Crippen molar-refractivity contribution in [3.63, 3.8) is 0 Å². The molecule has 0 aromatic heterocycles. The highest BCUT2D eigenvalue weighted by Gasteiger charge is 2.21. The molecule has 0 spiro atoms. The largest absolute Gasteiger partial charge is 0.359 e. The van der Waals surface area contributed by atoms with E-state index in [1.54, 1.807) is 0 Å². The van der Waals surface area contributed by atoms with E-state index >= 15 is 0 Å². The van der Waals surface area contributed by atoms with Crippen molar-refractivity contribution in [1.82, 2.24) is 4.90 Å². The Bertz CT molecular complexity index is 394. The second-order valence-electron chi connectivity index (χ2n) is 5.38. The fraction of sp³-hybridized carbons (Fsp3) is 0.579. The van der Waals surface area contributed by atoms with Crippen LogP contribution in [0.25, 0.3) is 6.08 Å². The standard InChI is InChI=1S/C19H31NO/c1-5-9-15-20(16-10-6-2)19(21-8-4)18-14-12-11-13-17(18)7-3/h7,11-14,19H,3,5-6,8-10,15-16H2,1-2,4H3. The Labute approximate surface area is 130 Å². The van der Waals surface area contributed by atoms with Crippen molar-refractivity contribution in [3.05, 3.63) is 42.0 Å². The Kier molecular flexibility index (Phi) is 9.04. The molecule has 21 heavy (non-hydrogen) atoms. The van der Waals surface area contributed by atoms with E-state index in [2.05, 4.69) is 56.5 Å². The van der Waals surface area contributed by atoms with Crippen LogP contribution in [0.1, 0.15) is 63.8 Å². The average molecular weight is 289 g/mol. The van der Waals surface area contributed by atoms with Gasteiger partial charge in [-0.1, -0.05) is 63.6 Å². The van der Waals surface area contributed by atoms with Crippen LogP contribution in [-0.4, -0.2) is 24.6 Å². The maximum Gasteiger partial charge on any atom is 0.137 e. The lowest BCUT2D eigenvalue weighted by Crippen LogP contribution is -2.33. The molecule has 118 valence electrons. The predicted octanol–water partition coefficient (Wildman–Crippen LogP) is 5.27. The summed E-state index contributed by atoms with van der Waals surface area (Å²) in [6, 6.07) is 8.44. The summed E-state index contributed by atoms with van der Waals surface area (Å²) >= 11 is 0. The first-order valence-electron chi connectivity index (χ1n) is 8.35. The SMILES string of the molecule is C=Cc1ccccc1C(OCC)N(CCCC)CCCC. The van der Waals surface area contributed by atoms with Gasteiger partial charge in [-0.15, -0.1) is 0 Å². The molecule has 1 aromatic rings. The van der Waals surface area contributed by atoms with Gasteiger partial charge < -0.3 is 4.74 Å². The molecule has 0 fully saturated rings. The zero-order valence-electron chi connectivity index (χ0n) is 14.0. The van der Waals surface area contributed by atoms with Crippen molar-refractivity contribution in [2.45, 2.75) is 52.7 Å². The maximum absolute atomic E-state index is 6.10. The predicted molar refractivity (Wildman–Crippen MR) is 92.3 cm³/mol. The van der Waals surface area contributed by atoms with E-state index in [-0.39, 0.29) is 6.23 Å². The summed E-state index contributed by atoms with van der Waals surface area (Å²) in [6.45, 7) is 13.4. The van der Waals surface area contributed by atoms with Crippen LogP contribution in [0.5, 0.6) is 0 Å². The van der Waals surface area contributed by atoms with Crippen LogP contribution < -0.4 is 0 Å². The minimum Gasteiger partial charge on any atom is -0.359 e. The molecule has 2 nitrogen and oxygen atoms in total. The van der Waals surface area contributed by atoms with Crippen LogP contribution in [-0.2, 0) is 4.74 Å². The maximum atomic E-state index is 6.10. The van der Waals surface area contributed by atoms with E-state index in [4.69, 9.17) is 4.74 Å². The number of ether oxygens (including phenoxy) is 1. The lowest BCUT2D eigenvalue weighted by molar-refractivity contribution is -0.0590. The summed E-state index contributed by atoms with van der Waals surface area (Å²) in [4.78, 5) is 2.48. The van der Waals surface area contributed by atoms with Crippen molar-refractivity contribution in [1.29, 1.82) is 0 Å². The average Bonchev–Trinajstić information content (AvgIpc) is 2.53. The molecule has 0 N–H and O–H groups in total. The van der Waals surface area contributed by atoms with E-state index < -0.39 is 0 Å². The second kappa shape index (κ2) is 10.6. The highest BCUT2D eigenvalue weighted by molar-refractivity contribution is 5.52. The summed E-state index contributed by atoms with van der Waals surface area (Å²) in [5.74, 6) is 0. The first kappa shape index (κ1) is 17.9. The molecule has 0 saturated heterocycles. The molecule has 0 amide bonds. The lowest BCUT2D eigenvalue weighted by atomic mass is 10.0. The third-order valence-corrected chi connectivity index (χ3v) is 3.74.